The van der Waals surface area contributed by atoms with Gasteiger partial charge in [0.25, 0.3) is 0 Å². The van der Waals surface area contributed by atoms with Gasteiger partial charge in [-0.15, -0.1) is 17.9 Å². The van der Waals surface area contributed by atoms with Crippen molar-refractivity contribution in [2.45, 2.75) is 13.3 Å². The molecule has 1 heterocycles. The second-order valence-electron chi connectivity index (χ2n) is 3.44. The molecule has 0 aliphatic heterocycles. The van der Waals surface area contributed by atoms with Gasteiger partial charge in [0.1, 0.15) is 0 Å². The van der Waals surface area contributed by atoms with Crippen molar-refractivity contribution in [2.24, 2.45) is 11.1 Å². The summed E-state index contributed by atoms with van der Waals surface area (Å²) in [6, 6.07) is 3.96. The summed E-state index contributed by atoms with van der Waals surface area (Å²) in [5, 5.41) is 0. The topological polar surface area (TPSA) is 26.0 Å². The van der Waals surface area contributed by atoms with Crippen LogP contribution in [0.15, 0.2) is 24.8 Å². The van der Waals surface area contributed by atoms with Crippen molar-refractivity contribution in [3.8, 4) is 0 Å². The Morgan fingerprint density at radius 1 is 1.69 bits per heavy atom. The Kier molecular flexibility index (Phi) is 3.54. The van der Waals surface area contributed by atoms with Gasteiger partial charge in [0.15, 0.2) is 0 Å². The third-order valence-corrected chi connectivity index (χ3v) is 3.40. The van der Waals surface area contributed by atoms with Crippen LogP contribution in [0.3, 0.4) is 0 Å². The van der Waals surface area contributed by atoms with Crippen molar-refractivity contribution >= 4 is 22.9 Å². The van der Waals surface area contributed by atoms with E-state index in [9.17, 15) is 0 Å². The van der Waals surface area contributed by atoms with Gasteiger partial charge in [0.2, 0.25) is 0 Å². The van der Waals surface area contributed by atoms with E-state index in [2.05, 4.69) is 13.5 Å². The summed E-state index contributed by atoms with van der Waals surface area (Å²) in [7, 11) is 0. The first kappa shape index (κ1) is 10.8. The summed E-state index contributed by atoms with van der Waals surface area (Å²) >= 11 is 7.44. The largest absolute Gasteiger partial charge is 0.330 e. The normalized spacial score (nSPS) is 15.3. The molecule has 2 N–H and O–H groups in total. The van der Waals surface area contributed by atoms with Crippen LogP contribution in [0.5, 0.6) is 0 Å². The first-order valence-corrected chi connectivity index (χ1v) is 5.37. The molecule has 1 aromatic heterocycles. The van der Waals surface area contributed by atoms with Crippen molar-refractivity contribution in [1.29, 1.82) is 0 Å². The maximum atomic E-state index is 5.84. The van der Waals surface area contributed by atoms with E-state index in [4.69, 9.17) is 17.3 Å². The lowest BCUT2D eigenvalue weighted by Gasteiger charge is -2.22. The molecule has 0 fully saturated rings. The third-order valence-electron chi connectivity index (χ3n) is 2.17. The van der Waals surface area contributed by atoms with E-state index in [0.29, 0.717) is 6.54 Å². The number of rotatable bonds is 4. The van der Waals surface area contributed by atoms with Gasteiger partial charge in [-0.3, -0.25) is 0 Å². The van der Waals surface area contributed by atoms with Gasteiger partial charge < -0.3 is 5.73 Å². The standard InChI is InChI=1S/C10H14ClNS/c1-3-10(2,7-12)6-8-4-5-9(11)13-8/h3-5H,1,6-7,12H2,2H3. The van der Waals surface area contributed by atoms with Gasteiger partial charge in [-0.1, -0.05) is 24.6 Å². The number of thiophene rings is 1. The summed E-state index contributed by atoms with van der Waals surface area (Å²) in [5.74, 6) is 0. The smallest absolute Gasteiger partial charge is 0.0931 e. The SMILES string of the molecule is C=CC(C)(CN)Cc1ccc(Cl)s1. The van der Waals surface area contributed by atoms with Crippen LogP contribution in [0.2, 0.25) is 4.34 Å². The lowest BCUT2D eigenvalue weighted by Crippen LogP contribution is -2.26. The molecule has 0 bridgehead atoms. The quantitative estimate of drug-likeness (QED) is 0.768. The van der Waals surface area contributed by atoms with Crippen LogP contribution >= 0.6 is 22.9 Å². The molecule has 3 heteroatoms. The van der Waals surface area contributed by atoms with E-state index >= 15 is 0 Å². The Bertz CT molecular complexity index is 295. The lowest BCUT2D eigenvalue weighted by molar-refractivity contribution is 0.442. The summed E-state index contributed by atoms with van der Waals surface area (Å²) in [6.45, 7) is 6.52. The zero-order chi connectivity index (χ0) is 9.90. The van der Waals surface area contributed by atoms with E-state index in [1.807, 2.05) is 18.2 Å². The summed E-state index contributed by atoms with van der Waals surface area (Å²) < 4.78 is 0.832. The molecule has 1 aromatic rings. The fourth-order valence-corrected chi connectivity index (χ4v) is 2.36. The predicted molar refractivity (Wildman–Crippen MR) is 60.4 cm³/mol. The summed E-state index contributed by atoms with van der Waals surface area (Å²) in [4.78, 5) is 1.26. The predicted octanol–water partition coefficient (Wildman–Crippen LogP) is 3.10. The Labute approximate surface area is 88.2 Å². The van der Waals surface area contributed by atoms with Crippen LogP contribution in [-0.2, 0) is 6.42 Å². The highest BCUT2D eigenvalue weighted by Crippen LogP contribution is 2.29. The van der Waals surface area contributed by atoms with Crippen molar-refractivity contribution in [3.63, 3.8) is 0 Å². The van der Waals surface area contributed by atoms with Gasteiger partial charge in [-0.25, -0.2) is 0 Å². The molecule has 0 aromatic carbocycles. The maximum Gasteiger partial charge on any atom is 0.0931 e. The summed E-state index contributed by atoms with van der Waals surface area (Å²) in [5.41, 5.74) is 5.67. The highest BCUT2D eigenvalue weighted by atomic mass is 35.5. The molecule has 1 atom stereocenters. The number of hydrogen-bond donors (Lipinski definition) is 1. The van der Waals surface area contributed by atoms with E-state index in [-0.39, 0.29) is 5.41 Å². The number of halogens is 1. The van der Waals surface area contributed by atoms with Gasteiger partial charge in [-0.2, -0.15) is 0 Å². The highest BCUT2D eigenvalue weighted by Gasteiger charge is 2.19. The molecule has 0 aliphatic rings. The molecule has 13 heavy (non-hydrogen) atoms. The maximum absolute atomic E-state index is 5.84. The lowest BCUT2D eigenvalue weighted by atomic mass is 9.86. The van der Waals surface area contributed by atoms with Crippen LogP contribution < -0.4 is 5.73 Å². The molecule has 0 saturated heterocycles. The van der Waals surface area contributed by atoms with Gasteiger partial charge in [0, 0.05) is 16.8 Å². The molecule has 1 nitrogen and oxygen atoms in total. The van der Waals surface area contributed by atoms with Crippen molar-refractivity contribution in [2.75, 3.05) is 6.54 Å². The average Bonchev–Trinajstić information content (AvgIpc) is 2.51. The molecule has 1 rings (SSSR count). The zero-order valence-electron chi connectivity index (χ0n) is 7.72. The molecule has 0 spiro atoms. The Morgan fingerprint density at radius 3 is 2.77 bits per heavy atom. The molecule has 1 unspecified atom stereocenters. The van der Waals surface area contributed by atoms with E-state index in [0.717, 1.165) is 10.8 Å². The van der Waals surface area contributed by atoms with Crippen LogP contribution in [0.4, 0.5) is 0 Å². The minimum Gasteiger partial charge on any atom is -0.330 e. The molecule has 0 aliphatic carbocycles. The van der Waals surface area contributed by atoms with Gasteiger partial charge in [-0.05, 0) is 18.6 Å². The van der Waals surface area contributed by atoms with Crippen molar-refractivity contribution in [1.82, 2.24) is 0 Å². The zero-order valence-corrected chi connectivity index (χ0v) is 9.29. The van der Waals surface area contributed by atoms with Crippen molar-refractivity contribution < 1.29 is 0 Å². The van der Waals surface area contributed by atoms with E-state index in [1.54, 1.807) is 11.3 Å². The second-order valence-corrected chi connectivity index (χ2v) is 5.24. The van der Waals surface area contributed by atoms with Crippen LogP contribution in [0.1, 0.15) is 11.8 Å². The minimum absolute atomic E-state index is 0.00577. The monoisotopic (exact) mass is 215 g/mol. The molecular formula is C10H14ClNS. The van der Waals surface area contributed by atoms with E-state index in [1.165, 1.54) is 4.88 Å². The van der Waals surface area contributed by atoms with Crippen molar-refractivity contribution in [3.05, 3.63) is 34.0 Å². The number of nitrogens with two attached hydrogens (primary N) is 1. The first-order valence-electron chi connectivity index (χ1n) is 4.17. The Morgan fingerprint density at radius 2 is 2.38 bits per heavy atom. The molecule has 0 radical (unpaired) electrons. The fraction of sp³-hybridized carbons (Fsp3) is 0.400. The Balaban J connectivity index is 2.72. The molecule has 0 saturated carbocycles. The highest BCUT2D eigenvalue weighted by molar-refractivity contribution is 7.16. The first-order chi connectivity index (χ1) is 6.09. The number of hydrogen-bond acceptors (Lipinski definition) is 2. The fourth-order valence-electron chi connectivity index (χ4n) is 1.07. The Hall–Kier alpha value is -0.310. The molecule has 0 amide bonds. The van der Waals surface area contributed by atoms with Crippen LogP contribution in [0.25, 0.3) is 0 Å². The van der Waals surface area contributed by atoms with Gasteiger partial charge in [0.05, 0.1) is 4.34 Å². The second kappa shape index (κ2) is 4.27. The summed E-state index contributed by atoms with van der Waals surface area (Å²) in [6.07, 6.45) is 2.84. The molecule has 72 valence electrons. The van der Waals surface area contributed by atoms with Crippen LogP contribution in [0, 0.1) is 5.41 Å². The molecular weight excluding hydrogens is 202 g/mol. The van der Waals surface area contributed by atoms with E-state index < -0.39 is 0 Å². The van der Waals surface area contributed by atoms with Gasteiger partial charge >= 0.3 is 0 Å². The third kappa shape index (κ3) is 2.83. The average molecular weight is 216 g/mol. The minimum atomic E-state index is -0.00577. The van der Waals surface area contributed by atoms with Crippen LogP contribution in [-0.4, -0.2) is 6.54 Å².